The van der Waals surface area contributed by atoms with Crippen LogP contribution in [-0.2, 0) is 5.41 Å². The molecular formula is C52H35N3O. The molecule has 0 unspecified atom stereocenters. The molecule has 0 N–H and O–H groups in total. The molecule has 0 spiro atoms. The minimum Gasteiger partial charge on any atom is -0.436 e. The highest BCUT2D eigenvalue weighted by Gasteiger charge is 2.36. The Balaban J connectivity index is 1.02. The van der Waals surface area contributed by atoms with Gasteiger partial charge in [0, 0.05) is 43.9 Å². The summed E-state index contributed by atoms with van der Waals surface area (Å²) in [4.78, 5) is 4.72. The molecular weight excluding hydrogens is 683 g/mol. The van der Waals surface area contributed by atoms with E-state index < -0.39 is 0 Å². The van der Waals surface area contributed by atoms with Crippen molar-refractivity contribution >= 4 is 54.7 Å². The zero-order chi connectivity index (χ0) is 37.1. The van der Waals surface area contributed by atoms with E-state index in [-0.39, 0.29) is 5.41 Å². The van der Waals surface area contributed by atoms with Crippen molar-refractivity contribution in [3.63, 3.8) is 0 Å². The number of hydrogen-bond acceptors (Lipinski definition) is 2. The Kier molecular flexibility index (Phi) is 6.37. The average molecular weight is 718 g/mol. The summed E-state index contributed by atoms with van der Waals surface area (Å²) in [5.74, 6) is 0.631. The van der Waals surface area contributed by atoms with Crippen LogP contribution in [0.4, 0.5) is 0 Å². The first kappa shape index (κ1) is 31.2. The van der Waals surface area contributed by atoms with E-state index in [1.807, 2.05) is 24.3 Å². The van der Waals surface area contributed by atoms with Crippen molar-refractivity contribution < 1.29 is 4.42 Å². The Hall–Kier alpha value is -7.17. The maximum Gasteiger partial charge on any atom is 0.227 e. The molecule has 264 valence electrons. The molecule has 3 aromatic heterocycles. The topological polar surface area (TPSA) is 35.9 Å². The number of aromatic nitrogens is 3. The molecule has 0 amide bonds. The predicted molar refractivity (Wildman–Crippen MR) is 231 cm³/mol. The SMILES string of the molecule is CC1(C)c2ccccc2-c2cc3c(cc21)c1cc(-c2ccc4c(c2)c2ccccc2n4-c2ccc(-c4nc5ccccc5o4)cc2)ccc1n3-c1ccccc1. The Morgan fingerprint density at radius 2 is 1.02 bits per heavy atom. The highest BCUT2D eigenvalue weighted by atomic mass is 16.3. The summed E-state index contributed by atoms with van der Waals surface area (Å²) in [7, 11) is 0. The van der Waals surface area contributed by atoms with Crippen molar-refractivity contribution in [2.45, 2.75) is 19.3 Å². The second kappa shape index (κ2) is 11.4. The zero-order valence-electron chi connectivity index (χ0n) is 31.0. The molecule has 0 saturated heterocycles. The van der Waals surface area contributed by atoms with Gasteiger partial charge in [0.25, 0.3) is 0 Å². The van der Waals surface area contributed by atoms with Crippen LogP contribution in [-0.4, -0.2) is 14.1 Å². The Labute approximate surface area is 323 Å². The van der Waals surface area contributed by atoms with Crippen LogP contribution in [0.15, 0.2) is 180 Å². The summed E-state index contributed by atoms with van der Waals surface area (Å²) in [6.07, 6.45) is 0. The number of fused-ring (bicyclic) bond motifs is 10. The quantitative estimate of drug-likeness (QED) is 0.182. The summed E-state index contributed by atoms with van der Waals surface area (Å²) < 4.78 is 10.9. The fourth-order valence-electron chi connectivity index (χ4n) is 9.43. The number of benzene rings is 8. The lowest BCUT2D eigenvalue weighted by atomic mass is 9.82. The third-order valence-corrected chi connectivity index (χ3v) is 12.2. The summed E-state index contributed by atoms with van der Waals surface area (Å²) in [6.45, 7) is 4.73. The van der Waals surface area contributed by atoms with Crippen LogP contribution in [0.5, 0.6) is 0 Å². The van der Waals surface area contributed by atoms with E-state index in [0.717, 1.165) is 22.4 Å². The monoisotopic (exact) mass is 717 g/mol. The maximum atomic E-state index is 6.08. The Morgan fingerprint density at radius 1 is 0.429 bits per heavy atom. The molecule has 0 saturated carbocycles. The first-order valence-corrected chi connectivity index (χ1v) is 19.3. The lowest BCUT2D eigenvalue weighted by molar-refractivity contribution is 0.620. The summed E-state index contributed by atoms with van der Waals surface area (Å²) >= 11 is 0. The van der Waals surface area contributed by atoms with Gasteiger partial charge < -0.3 is 13.6 Å². The standard InChI is InChI=1S/C52H35N3O/c1-52(2)43-16-8-6-14-37(43)39-31-49-42(30-44(39)52)41-29-34(23-27-48(41)55(49)35-12-4-3-5-13-35)33-22-26-47-40(28-33)38-15-7-10-18-46(38)54(47)36-24-20-32(21-25-36)51-53-45-17-9-11-19-50(45)56-51/h3-31H,1-2H3. The third-order valence-electron chi connectivity index (χ3n) is 12.2. The van der Waals surface area contributed by atoms with Crippen molar-refractivity contribution in [1.82, 2.24) is 14.1 Å². The number of nitrogens with zero attached hydrogens (tertiary/aromatic N) is 3. The Morgan fingerprint density at radius 3 is 1.80 bits per heavy atom. The zero-order valence-corrected chi connectivity index (χ0v) is 31.0. The van der Waals surface area contributed by atoms with Crippen molar-refractivity contribution in [1.29, 1.82) is 0 Å². The second-order valence-electron chi connectivity index (χ2n) is 15.6. The number of para-hydroxylation sites is 4. The van der Waals surface area contributed by atoms with Gasteiger partial charge in [-0.15, -0.1) is 0 Å². The first-order valence-electron chi connectivity index (χ1n) is 19.3. The van der Waals surface area contributed by atoms with Crippen LogP contribution in [0.3, 0.4) is 0 Å². The minimum absolute atomic E-state index is 0.0806. The number of oxazole rings is 1. The lowest BCUT2D eigenvalue weighted by Gasteiger charge is -2.21. The number of hydrogen-bond donors (Lipinski definition) is 0. The Bertz CT molecular complexity index is 3340. The summed E-state index contributed by atoms with van der Waals surface area (Å²) in [5.41, 5.74) is 17.4. The van der Waals surface area contributed by atoms with Crippen LogP contribution >= 0.6 is 0 Å². The molecule has 56 heavy (non-hydrogen) atoms. The fourth-order valence-corrected chi connectivity index (χ4v) is 9.43. The van der Waals surface area contributed by atoms with E-state index in [9.17, 15) is 0 Å². The van der Waals surface area contributed by atoms with E-state index in [2.05, 4.69) is 175 Å². The van der Waals surface area contributed by atoms with E-state index in [1.54, 1.807) is 0 Å². The second-order valence-corrected chi connectivity index (χ2v) is 15.6. The average Bonchev–Trinajstić information content (AvgIpc) is 3.97. The fraction of sp³-hybridized carbons (Fsp3) is 0.0577. The minimum atomic E-state index is -0.0806. The number of rotatable bonds is 4. The molecule has 0 aliphatic heterocycles. The molecule has 0 atom stereocenters. The van der Waals surface area contributed by atoms with Crippen molar-refractivity contribution in [3.05, 3.63) is 187 Å². The maximum absolute atomic E-state index is 6.08. The van der Waals surface area contributed by atoms with Gasteiger partial charge in [-0.2, -0.15) is 0 Å². The normalized spacial score (nSPS) is 13.3. The molecule has 0 bridgehead atoms. The van der Waals surface area contributed by atoms with Crippen LogP contribution in [0.1, 0.15) is 25.0 Å². The van der Waals surface area contributed by atoms with Gasteiger partial charge in [0.05, 0.1) is 22.1 Å². The molecule has 11 aromatic rings. The van der Waals surface area contributed by atoms with Gasteiger partial charge in [-0.25, -0.2) is 4.98 Å². The molecule has 4 nitrogen and oxygen atoms in total. The van der Waals surface area contributed by atoms with E-state index in [0.29, 0.717) is 5.89 Å². The van der Waals surface area contributed by atoms with Gasteiger partial charge in [0.15, 0.2) is 5.58 Å². The van der Waals surface area contributed by atoms with Crippen LogP contribution in [0.25, 0.3) is 99.8 Å². The first-order chi connectivity index (χ1) is 27.5. The summed E-state index contributed by atoms with van der Waals surface area (Å²) in [6, 6.07) is 63.7. The molecule has 4 heteroatoms. The van der Waals surface area contributed by atoms with Gasteiger partial charge in [-0.1, -0.05) is 98.8 Å². The van der Waals surface area contributed by atoms with Crippen molar-refractivity contribution in [2.75, 3.05) is 0 Å². The van der Waals surface area contributed by atoms with E-state index >= 15 is 0 Å². The predicted octanol–water partition coefficient (Wildman–Crippen LogP) is 13.7. The van der Waals surface area contributed by atoms with Crippen LogP contribution in [0, 0.1) is 0 Å². The molecule has 0 radical (unpaired) electrons. The van der Waals surface area contributed by atoms with Gasteiger partial charge in [-0.05, 0) is 124 Å². The largest absolute Gasteiger partial charge is 0.436 e. The highest BCUT2D eigenvalue weighted by Crippen LogP contribution is 2.51. The van der Waals surface area contributed by atoms with Gasteiger partial charge >= 0.3 is 0 Å². The third kappa shape index (κ3) is 4.38. The molecule has 1 aliphatic carbocycles. The van der Waals surface area contributed by atoms with Gasteiger partial charge in [-0.3, -0.25) is 0 Å². The van der Waals surface area contributed by atoms with Crippen molar-refractivity contribution in [3.8, 4) is 45.1 Å². The lowest BCUT2D eigenvalue weighted by Crippen LogP contribution is -2.14. The molecule has 1 aliphatic rings. The van der Waals surface area contributed by atoms with Crippen LogP contribution < -0.4 is 0 Å². The van der Waals surface area contributed by atoms with Crippen LogP contribution in [0.2, 0.25) is 0 Å². The van der Waals surface area contributed by atoms with E-state index in [4.69, 9.17) is 9.40 Å². The summed E-state index contributed by atoms with van der Waals surface area (Å²) in [5, 5.41) is 5.00. The molecule has 0 fully saturated rings. The smallest absolute Gasteiger partial charge is 0.227 e. The van der Waals surface area contributed by atoms with Gasteiger partial charge in [0.1, 0.15) is 5.52 Å². The van der Waals surface area contributed by atoms with Gasteiger partial charge in [0.2, 0.25) is 5.89 Å². The molecule has 8 aromatic carbocycles. The molecule has 12 rings (SSSR count). The highest BCUT2D eigenvalue weighted by molar-refractivity contribution is 6.14. The molecule has 3 heterocycles. The van der Waals surface area contributed by atoms with Crippen molar-refractivity contribution in [2.24, 2.45) is 0 Å². The van der Waals surface area contributed by atoms with E-state index in [1.165, 1.54) is 82.7 Å².